The maximum Gasteiger partial charge on any atom is 0.210 e. The van der Waals surface area contributed by atoms with E-state index in [2.05, 4.69) is 50.6 Å². The molecule has 0 atom stereocenters. The van der Waals surface area contributed by atoms with Crippen LogP contribution in [0.15, 0.2) is 18.1 Å². The van der Waals surface area contributed by atoms with Gasteiger partial charge in [0, 0.05) is 0 Å². The molecule has 0 N–H and O–H groups in total. The van der Waals surface area contributed by atoms with Crippen LogP contribution in [-0.4, -0.2) is 18.7 Å². The van der Waals surface area contributed by atoms with Gasteiger partial charge in [-0.05, 0) is 76.5 Å². The van der Waals surface area contributed by atoms with E-state index in [1.165, 1.54) is 44.7 Å². The van der Waals surface area contributed by atoms with Gasteiger partial charge in [0.2, 0.25) is 9.47 Å². The molecular weight excluding hydrogens is 392 g/mol. The second-order valence-corrected chi connectivity index (χ2v) is 7.37. The highest BCUT2D eigenvalue weighted by molar-refractivity contribution is 9.10. The van der Waals surface area contributed by atoms with Crippen LogP contribution in [0.5, 0.6) is 0 Å². The first-order valence-corrected chi connectivity index (χ1v) is 8.35. The van der Waals surface area contributed by atoms with Gasteiger partial charge in [-0.25, -0.2) is 9.97 Å². The van der Waals surface area contributed by atoms with Crippen molar-refractivity contribution in [2.45, 2.75) is 8.68 Å². The lowest BCUT2D eigenvalue weighted by atomic mass is 11.3. The molecule has 0 fully saturated rings. The highest BCUT2D eigenvalue weighted by Crippen LogP contribution is 2.39. The van der Waals surface area contributed by atoms with E-state index >= 15 is 0 Å². The summed E-state index contributed by atoms with van der Waals surface area (Å²) in [6, 6.07) is 0. The molecule has 0 amide bonds. The van der Waals surface area contributed by atoms with Crippen LogP contribution in [0.4, 0.5) is 0 Å². The van der Waals surface area contributed by atoms with Gasteiger partial charge in [0.15, 0.2) is 8.68 Å². The lowest BCUT2D eigenvalue weighted by molar-refractivity contribution is 1.16. The fraction of sp³-hybridized carbons (Fsp3) is 0. The van der Waals surface area contributed by atoms with Crippen molar-refractivity contribution in [3.8, 4) is 0 Å². The van der Waals surface area contributed by atoms with Gasteiger partial charge in [-0.2, -0.15) is 8.75 Å². The summed E-state index contributed by atoms with van der Waals surface area (Å²) < 4.78 is 11.1. The second-order valence-electron chi connectivity index (χ2n) is 1.83. The number of rotatable bonds is 3. The van der Waals surface area contributed by atoms with Crippen molar-refractivity contribution >= 4 is 76.5 Å². The molecule has 0 aliphatic heterocycles. The molecule has 0 saturated carbocycles. The van der Waals surface area contributed by atoms with Crippen LogP contribution in [0.2, 0.25) is 0 Å². The Morgan fingerprint density at radius 1 is 0.857 bits per heavy atom. The Morgan fingerprint density at radius 3 is 1.57 bits per heavy atom. The van der Waals surface area contributed by atoms with Crippen molar-refractivity contribution in [2.75, 3.05) is 0 Å². The molecule has 2 rings (SSSR count). The van der Waals surface area contributed by atoms with E-state index in [1.807, 2.05) is 0 Å². The first-order chi connectivity index (χ1) is 6.74. The lowest BCUT2D eigenvalue weighted by Gasteiger charge is -1.88. The third-order valence-electron chi connectivity index (χ3n) is 0.949. The molecule has 0 unspecified atom stereocenters. The van der Waals surface area contributed by atoms with Crippen molar-refractivity contribution in [3.63, 3.8) is 0 Å². The highest BCUT2D eigenvalue weighted by atomic mass is 79.9. The zero-order valence-electron chi connectivity index (χ0n) is 6.18. The van der Waals surface area contributed by atoms with Crippen molar-refractivity contribution < 1.29 is 0 Å². The van der Waals surface area contributed by atoms with Crippen LogP contribution in [0.25, 0.3) is 0 Å². The average molecular weight is 392 g/mol. The van der Waals surface area contributed by atoms with Crippen molar-refractivity contribution in [2.24, 2.45) is 0 Å². The Labute approximate surface area is 112 Å². The van der Waals surface area contributed by atoms with E-state index in [1.54, 1.807) is 0 Å². The molecule has 74 valence electrons. The minimum atomic E-state index is 0.629. The lowest BCUT2D eigenvalue weighted by Crippen LogP contribution is -1.66. The molecule has 0 bridgehead atoms. The summed E-state index contributed by atoms with van der Waals surface area (Å²) in [6.07, 6.45) is 0. The molecule has 2 heterocycles. The molecular formula is C4Br2N4S4. The smallest absolute Gasteiger partial charge is 0.201 e. The molecule has 0 radical (unpaired) electrons. The summed E-state index contributed by atoms with van der Waals surface area (Å²) in [4.78, 5) is 8.29. The number of nitrogens with zero attached hydrogens (tertiary/aromatic N) is 4. The van der Waals surface area contributed by atoms with Gasteiger partial charge in [-0.1, -0.05) is 0 Å². The maximum absolute atomic E-state index is 4.14. The predicted molar refractivity (Wildman–Crippen MR) is 66.9 cm³/mol. The largest absolute Gasteiger partial charge is 0.210 e. The topological polar surface area (TPSA) is 51.6 Å². The van der Waals surface area contributed by atoms with Crippen LogP contribution >= 0.6 is 76.5 Å². The number of hydrogen-bond donors (Lipinski definition) is 0. The van der Waals surface area contributed by atoms with Gasteiger partial charge < -0.3 is 0 Å². The Kier molecular flexibility index (Phi) is 4.20. The Balaban J connectivity index is 1.94. The van der Waals surface area contributed by atoms with Crippen molar-refractivity contribution in [1.29, 1.82) is 0 Å². The fourth-order valence-electron chi connectivity index (χ4n) is 0.525. The summed E-state index contributed by atoms with van der Waals surface area (Å²) in [5.41, 5.74) is 0. The highest BCUT2D eigenvalue weighted by Gasteiger charge is 2.06. The summed E-state index contributed by atoms with van der Waals surface area (Å²) in [7, 11) is 3.05. The van der Waals surface area contributed by atoms with E-state index < -0.39 is 0 Å². The summed E-state index contributed by atoms with van der Waals surface area (Å²) in [6.45, 7) is 0. The number of hydrogen-bond acceptors (Lipinski definition) is 8. The van der Waals surface area contributed by atoms with E-state index in [0.29, 0.717) is 9.47 Å². The zero-order valence-corrected chi connectivity index (χ0v) is 12.6. The second kappa shape index (κ2) is 5.21. The first kappa shape index (κ1) is 11.3. The van der Waals surface area contributed by atoms with Crippen LogP contribution < -0.4 is 0 Å². The summed E-state index contributed by atoms with van der Waals surface area (Å²) in [5, 5.41) is 0. The van der Waals surface area contributed by atoms with E-state index in [9.17, 15) is 0 Å². The predicted octanol–water partition coefficient (Wildman–Crippen LogP) is 3.71. The molecule has 0 aliphatic rings. The summed E-state index contributed by atoms with van der Waals surface area (Å²) in [5.74, 6) is 0. The standard InChI is InChI=1S/C4Br2N4S4/c5-1-7-3(11-9-1)13-14-4-8-2(6)10-12-4. The molecule has 2 aromatic heterocycles. The molecule has 0 aromatic carbocycles. The zero-order chi connectivity index (χ0) is 9.97. The molecule has 2 aromatic rings. The normalized spacial score (nSPS) is 10.7. The van der Waals surface area contributed by atoms with Crippen molar-refractivity contribution in [1.82, 2.24) is 18.7 Å². The van der Waals surface area contributed by atoms with Crippen LogP contribution in [0, 0.1) is 0 Å². The van der Waals surface area contributed by atoms with Crippen LogP contribution in [0.3, 0.4) is 0 Å². The average Bonchev–Trinajstić information content (AvgIpc) is 2.72. The molecule has 4 nitrogen and oxygen atoms in total. The summed E-state index contributed by atoms with van der Waals surface area (Å²) >= 11 is 9.10. The minimum absolute atomic E-state index is 0.629. The fourth-order valence-corrected chi connectivity index (χ4v) is 5.09. The van der Waals surface area contributed by atoms with Gasteiger partial charge in [-0.3, -0.25) is 0 Å². The van der Waals surface area contributed by atoms with Crippen LogP contribution in [0.1, 0.15) is 0 Å². The Bertz CT molecular complexity index is 388. The van der Waals surface area contributed by atoms with Gasteiger partial charge in [0.05, 0.1) is 0 Å². The number of halogens is 2. The molecule has 0 aliphatic carbocycles. The van der Waals surface area contributed by atoms with Gasteiger partial charge in [-0.15, -0.1) is 0 Å². The van der Waals surface area contributed by atoms with Gasteiger partial charge in [0.1, 0.15) is 0 Å². The van der Waals surface area contributed by atoms with Crippen LogP contribution in [-0.2, 0) is 0 Å². The maximum atomic E-state index is 4.14. The monoisotopic (exact) mass is 390 g/mol. The molecule has 10 heteroatoms. The molecule has 0 saturated heterocycles. The third kappa shape index (κ3) is 3.14. The van der Waals surface area contributed by atoms with E-state index in [0.717, 1.165) is 8.68 Å². The van der Waals surface area contributed by atoms with Gasteiger partial charge in [0.25, 0.3) is 0 Å². The van der Waals surface area contributed by atoms with E-state index in [4.69, 9.17) is 0 Å². The molecule has 14 heavy (non-hydrogen) atoms. The SMILES string of the molecule is Brc1nsc(SSc2nc(Br)ns2)n1. The van der Waals surface area contributed by atoms with Crippen molar-refractivity contribution in [3.05, 3.63) is 9.47 Å². The Morgan fingerprint density at radius 2 is 1.29 bits per heavy atom. The third-order valence-corrected chi connectivity index (χ3v) is 6.48. The Hall–Kier alpha value is 0.780. The number of aromatic nitrogens is 4. The first-order valence-electron chi connectivity index (χ1n) is 3.07. The minimum Gasteiger partial charge on any atom is -0.201 e. The van der Waals surface area contributed by atoms with E-state index in [-0.39, 0.29) is 0 Å². The van der Waals surface area contributed by atoms with Gasteiger partial charge >= 0.3 is 0 Å². The quantitative estimate of drug-likeness (QED) is 0.743. The molecule has 0 spiro atoms.